The fraction of sp³-hybridized carbons (Fsp3) is 0.222. The Morgan fingerprint density at radius 1 is 1.26 bits per heavy atom. The molecule has 0 fully saturated rings. The number of hydrogen-bond donors (Lipinski definition) is 1. The zero-order valence-electron chi connectivity index (χ0n) is 14.1. The molecule has 4 nitrogen and oxygen atoms in total. The number of thioether (sulfide) groups is 1. The molecule has 0 saturated heterocycles. The van der Waals surface area contributed by atoms with Crippen LogP contribution in [0.2, 0.25) is 5.02 Å². The second-order valence-corrected chi connectivity index (χ2v) is 7.71. The third-order valence-corrected chi connectivity index (χ3v) is 5.04. The van der Waals surface area contributed by atoms with Crippen LogP contribution in [0.3, 0.4) is 0 Å². The van der Waals surface area contributed by atoms with E-state index in [-0.39, 0.29) is 10.9 Å². The smallest absolute Gasteiger partial charge is 0.307 e. The molecule has 0 bridgehead atoms. The number of nitrogens with zero attached hydrogens (tertiary/aromatic N) is 2. The Bertz CT molecular complexity index is 871. The van der Waals surface area contributed by atoms with Gasteiger partial charge in [-0.05, 0) is 42.5 Å². The summed E-state index contributed by atoms with van der Waals surface area (Å²) >= 11 is 7.33. The highest BCUT2D eigenvalue weighted by molar-refractivity contribution is 8.15. The lowest BCUT2D eigenvalue weighted by Gasteiger charge is -2.23. The largest absolute Gasteiger partial charge is 0.416 e. The van der Waals surface area contributed by atoms with Crippen LogP contribution in [0.1, 0.15) is 12.5 Å². The van der Waals surface area contributed by atoms with Gasteiger partial charge in [-0.25, -0.2) is 9.69 Å². The maximum atomic E-state index is 12.9. The van der Waals surface area contributed by atoms with Gasteiger partial charge in [-0.1, -0.05) is 36.4 Å². The number of anilines is 2. The summed E-state index contributed by atoms with van der Waals surface area (Å²) in [7, 11) is 0. The fourth-order valence-corrected chi connectivity index (χ4v) is 3.52. The Morgan fingerprint density at radius 3 is 2.56 bits per heavy atom. The van der Waals surface area contributed by atoms with Gasteiger partial charge in [0.1, 0.15) is 0 Å². The number of nitrogens with one attached hydrogen (secondary N) is 1. The third kappa shape index (κ3) is 4.75. The predicted octanol–water partition coefficient (Wildman–Crippen LogP) is 5.89. The van der Waals surface area contributed by atoms with Gasteiger partial charge in [-0.3, -0.25) is 4.99 Å². The van der Waals surface area contributed by atoms with E-state index in [9.17, 15) is 18.0 Å². The van der Waals surface area contributed by atoms with Gasteiger partial charge < -0.3 is 5.32 Å². The lowest BCUT2D eigenvalue weighted by atomic mass is 10.2. The van der Waals surface area contributed by atoms with Gasteiger partial charge in [-0.15, -0.1) is 0 Å². The summed E-state index contributed by atoms with van der Waals surface area (Å²) < 4.78 is 38.7. The Hall–Kier alpha value is -2.19. The molecular weight excluding hydrogens is 399 g/mol. The van der Waals surface area contributed by atoms with Crippen molar-refractivity contribution in [1.82, 2.24) is 0 Å². The van der Waals surface area contributed by atoms with Crippen molar-refractivity contribution in [2.24, 2.45) is 4.99 Å². The molecule has 0 aromatic heterocycles. The van der Waals surface area contributed by atoms with Crippen LogP contribution in [0, 0.1) is 0 Å². The standard InChI is InChI=1S/C18H15ClF3N3OS/c1-11-10-23-17(27-11)25(15-7-5-13(19)6-8-15)16(26)24-14-4-2-3-12(9-14)18(20,21)22/h2-9,11H,10H2,1H3,(H,24,26)/t11-/m1/s1. The van der Waals surface area contributed by atoms with Crippen LogP contribution in [0.4, 0.5) is 29.3 Å². The lowest BCUT2D eigenvalue weighted by molar-refractivity contribution is -0.137. The summed E-state index contributed by atoms with van der Waals surface area (Å²) in [5.74, 6) is 0. The molecule has 9 heteroatoms. The molecule has 1 aliphatic heterocycles. The Labute approximate surface area is 163 Å². The van der Waals surface area contributed by atoms with Crippen molar-refractivity contribution >= 4 is 45.9 Å². The minimum atomic E-state index is -4.49. The van der Waals surface area contributed by atoms with Crippen LogP contribution in [-0.4, -0.2) is 23.0 Å². The molecule has 0 spiro atoms. The summed E-state index contributed by atoms with van der Waals surface area (Å²) in [4.78, 5) is 18.6. The molecule has 142 valence electrons. The van der Waals surface area contributed by atoms with Crippen molar-refractivity contribution < 1.29 is 18.0 Å². The molecular formula is C18H15ClF3N3OS. The molecule has 2 aromatic rings. The molecule has 1 aliphatic rings. The van der Waals surface area contributed by atoms with Gasteiger partial charge >= 0.3 is 12.2 Å². The molecule has 0 radical (unpaired) electrons. The van der Waals surface area contributed by atoms with Gasteiger partial charge in [0.05, 0.1) is 17.8 Å². The minimum Gasteiger partial charge on any atom is -0.307 e. The monoisotopic (exact) mass is 413 g/mol. The highest BCUT2D eigenvalue weighted by Crippen LogP contribution is 2.32. The van der Waals surface area contributed by atoms with Gasteiger partial charge in [0, 0.05) is 16.0 Å². The molecule has 0 saturated carbocycles. The molecule has 2 amide bonds. The van der Waals surface area contributed by atoms with E-state index in [4.69, 9.17) is 11.6 Å². The molecule has 1 heterocycles. The van der Waals surface area contributed by atoms with E-state index in [2.05, 4.69) is 10.3 Å². The summed E-state index contributed by atoms with van der Waals surface area (Å²) in [6.45, 7) is 2.53. The second-order valence-electron chi connectivity index (χ2n) is 5.87. The average molecular weight is 414 g/mol. The molecule has 1 N–H and O–H groups in total. The molecule has 2 aromatic carbocycles. The Morgan fingerprint density at radius 2 is 1.96 bits per heavy atom. The van der Waals surface area contributed by atoms with E-state index in [0.717, 1.165) is 12.1 Å². The first-order valence-corrected chi connectivity index (χ1v) is 9.25. The van der Waals surface area contributed by atoms with Crippen LogP contribution in [0.5, 0.6) is 0 Å². The van der Waals surface area contributed by atoms with Crippen molar-refractivity contribution in [3.05, 3.63) is 59.1 Å². The molecule has 0 unspecified atom stereocenters. The molecule has 3 rings (SSSR count). The predicted molar refractivity (Wildman–Crippen MR) is 104 cm³/mol. The number of rotatable bonds is 2. The molecule has 1 atom stereocenters. The van der Waals surface area contributed by atoms with Gasteiger partial charge in [0.2, 0.25) is 0 Å². The average Bonchev–Trinajstić information content (AvgIpc) is 3.02. The third-order valence-electron chi connectivity index (χ3n) is 3.71. The topological polar surface area (TPSA) is 44.7 Å². The lowest BCUT2D eigenvalue weighted by Crippen LogP contribution is -2.38. The van der Waals surface area contributed by atoms with Crippen molar-refractivity contribution in [3.8, 4) is 0 Å². The normalized spacial score (nSPS) is 16.8. The summed E-state index contributed by atoms with van der Waals surface area (Å²) in [5.41, 5.74) is -0.269. The van der Waals surface area contributed by atoms with E-state index < -0.39 is 17.8 Å². The van der Waals surface area contributed by atoms with Crippen LogP contribution in [0.25, 0.3) is 0 Å². The molecule has 27 heavy (non-hydrogen) atoms. The fourth-order valence-electron chi connectivity index (χ4n) is 2.44. The number of halogens is 4. The highest BCUT2D eigenvalue weighted by atomic mass is 35.5. The van der Waals surface area contributed by atoms with E-state index in [1.165, 1.54) is 28.8 Å². The number of carbonyl (C=O) groups is 1. The number of aliphatic imine (C=N–C) groups is 1. The van der Waals surface area contributed by atoms with E-state index in [0.29, 0.717) is 22.4 Å². The number of alkyl halides is 3. The minimum absolute atomic E-state index is 0.0467. The first-order valence-electron chi connectivity index (χ1n) is 7.99. The molecule has 0 aliphatic carbocycles. The summed E-state index contributed by atoms with van der Waals surface area (Å²) in [5, 5.41) is 3.71. The van der Waals surface area contributed by atoms with Gasteiger partial charge in [0.25, 0.3) is 0 Å². The van der Waals surface area contributed by atoms with Crippen molar-refractivity contribution in [1.29, 1.82) is 0 Å². The zero-order chi connectivity index (χ0) is 19.6. The van der Waals surface area contributed by atoms with Crippen molar-refractivity contribution in [2.45, 2.75) is 18.3 Å². The number of carbonyl (C=O) groups excluding carboxylic acids is 1. The summed E-state index contributed by atoms with van der Waals surface area (Å²) in [6.07, 6.45) is -4.49. The number of amides is 2. The van der Waals surface area contributed by atoms with Crippen LogP contribution in [0.15, 0.2) is 53.5 Å². The first-order chi connectivity index (χ1) is 12.7. The Balaban J connectivity index is 1.89. The quantitative estimate of drug-likeness (QED) is 0.667. The zero-order valence-corrected chi connectivity index (χ0v) is 15.7. The number of hydrogen-bond acceptors (Lipinski definition) is 3. The van der Waals surface area contributed by atoms with Crippen LogP contribution in [-0.2, 0) is 6.18 Å². The number of urea groups is 1. The maximum absolute atomic E-state index is 12.9. The van der Waals surface area contributed by atoms with E-state index in [1.54, 1.807) is 24.3 Å². The SMILES string of the molecule is C[C@@H]1CN=C(N(C(=O)Nc2cccc(C(F)(F)F)c2)c2ccc(Cl)cc2)S1. The number of amidine groups is 1. The van der Waals surface area contributed by atoms with E-state index >= 15 is 0 Å². The number of benzene rings is 2. The Kier molecular flexibility index (Phi) is 5.67. The van der Waals surface area contributed by atoms with Crippen LogP contribution >= 0.6 is 23.4 Å². The maximum Gasteiger partial charge on any atom is 0.416 e. The van der Waals surface area contributed by atoms with Gasteiger partial charge in [0.15, 0.2) is 5.17 Å². The first kappa shape index (κ1) is 19.6. The highest BCUT2D eigenvalue weighted by Gasteiger charge is 2.31. The summed E-state index contributed by atoms with van der Waals surface area (Å²) in [6, 6.07) is 10.5. The van der Waals surface area contributed by atoms with Crippen molar-refractivity contribution in [2.75, 3.05) is 16.8 Å². The van der Waals surface area contributed by atoms with Crippen LogP contribution < -0.4 is 10.2 Å². The van der Waals surface area contributed by atoms with E-state index in [1.807, 2.05) is 6.92 Å². The van der Waals surface area contributed by atoms with Crippen molar-refractivity contribution in [3.63, 3.8) is 0 Å². The van der Waals surface area contributed by atoms with Gasteiger partial charge in [-0.2, -0.15) is 13.2 Å². The second kappa shape index (κ2) is 7.82.